The van der Waals surface area contributed by atoms with Crippen LogP contribution >= 0.6 is 0 Å². The Hall–Kier alpha value is -2.90. The van der Waals surface area contributed by atoms with Crippen LogP contribution in [0.3, 0.4) is 0 Å². The number of esters is 1. The molecule has 0 aliphatic heterocycles. The number of benzene rings is 1. The molecular formula is C12H11N3O5. The average Bonchev–Trinajstić information content (AvgIpc) is 2.78. The number of nitrogens with zero attached hydrogens (tertiary/aromatic N) is 2. The van der Waals surface area contributed by atoms with E-state index in [4.69, 9.17) is 10.5 Å². The van der Waals surface area contributed by atoms with Crippen LogP contribution in [-0.2, 0) is 11.3 Å². The van der Waals surface area contributed by atoms with Crippen LogP contribution in [-0.4, -0.2) is 17.0 Å². The van der Waals surface area contributed by atoms with Crippen LogP contribution in [0.25, 0.3) is 0 Å². The van der Waals surface area contributed by atoms with Crippen LogP contribution < -0.4 is 10.6 Å². The Labute approximate surface area is 113 Å². The van der Waals surface area contributed by atoms with Crippen molar-refractivity contribution in [3.05, 3.63) is 52.0 Å². The molecule has 104 valence electrons. The highest BCUT2D eigenvalue weighted by molar-refractivity contribution is 5.92. The molecular weight excluding hydrogens is 266 g/mol. The van der Waals surface area contributed by atoms with Crippen LogP contribution in [0.5, 0.6) is 0 Å². The molecule has 0 saturated heterocycles. The molecule has 0 aliphatic rings. The molecule has 0 atom stereocenters. The molecule has 0 aliphatic carbocycles. The van der Waals surface area contributed by atoms with Crippen molar-refractivity contribution in [2.45, 2.75) is 13.5 Å². The lowest BCUT2D eigenvalue weighted by atomic mass is 10.1. The Bertz CT molecular complexity index is 665. The lowest BCUT2D eigenvalue weighted by molar-refractivity contribution is -0.803. The second-order valence-corrected chi connectivity index (χ2v) is 3.98. The third-order valence-corrected chi connectivity index (χ3v) is 2.62. The molecule has 1 heterocycles. The summed E-state index contributed by atoms with van der Waals surface area (Å²) < 4.78 is 9.22. The summed E-state index contributed by atoms with van der Waals surface area (Å²) in [6.07, 6.45) is 0. The molecule has 2 aromatic rings. The lowest BCUT2D eigenvalue weighted by Crippen LogP contribution is -2.35. The maximum atomic E-state index is 11.8. The van der Waals surface area contributed by atoms with Gasteiger partial charge in [-0.3, -0.25) is 9.42 Å². The first-order valence-corrected chi connectivity index (χ1v) is 5.62. The van der Waals surface area contributed by atoms with Gasteiger partial charge in [-0.05, 0) is 23.5 Å². The molecule has 0 radical (unpaired) electrons. The van der Waals surface area contributed by atoms with E-state index in [1.165, 1.54) is 0 Å². The highest BCUT2D eigenvalue weighted by Crippen LogP contribution is 2.10. The van der Waals surface area contributed by atoms with Gasteiger partial charge < -0.3 is 15.7 Å². The van der Waals surface area contributed by atoms with Crippen molar-refractivity contribution in [2.24, 2.45) is 5.73 Å². The Morgan fingerprint density at radius 2 is 2.15 bits per heavy atom. The molecule has 1 amide bonds. The molecule has 2 rings (SSSR count). The van der Waals surface area contributed by atoms with Gasteiger partial charge in [0.05, 0.1) is 5.56 Å². The molecule has 1 aromatic carbocycles. The first-order chi connectivity index (χ1) is 9.50. The van der Waals surface area contributed by atoms with E-state index >= 15 is 0 Å². The predicted octanol–water partition coefficient (Wildman–Crippen LogP) is 0.0723. The van der Waals surface area contributed by atoms with Crippen molar-refractivity contribution < 1.29 is 23.9 Å². The molecule has 20 heavy (non-hydrogen) atoms. The SMILES string of the molecule is Cc1ccccc1C(=O)OCc1no[n+]([O-])c1C(N)=O. The number of nitrogens with two attached hydrogens (primary N) is 1. The molecule has 8 heteroatoms. The minimum atomic E-state index is -1.01. The van der Waals surface area contributed by atoms with Crippen molar-refractivity contribution >= 4 is 11.9 Å². The third kappa shape index (κ3) is 2.58. The van der Waals surface area contributed by atoms with Gasteiger partial charge in [-0.1, -0.05) is 18.2 Å². The minimum Gasteiger partial charge on any atom is -0.453 e. The summed E-state index contributed by atoms with van der Waals surface area (Å²) in [5, 5.41) is 14.4. The quantitative estimate of drug-likeness (QED) is 0.623. The number of aryl methyl sites for hydroxylation is 1. The monoisotopic (exact) mass is 277 g/mol. The first kappa shape index (κ1) is 13.5. The molecule has 8 nitrogen and oxygen atoms in total. The number of carbonyl (C=O) groups excluding carboxylic acids is 2. The van der Waals surface area contributed by atoms with Gasteiger partial charge in [0.25, 0.3) is 17.3 Å². The summed E-state index contributed by atoms with van der Waals surface area (Å²) in [5.41, 5.74) is 5.51. The summed E-state index contributed by atoms with van der Waals surface area (Å²) in [6, 6.07) is 6.84. The van der Waals surface area contributed by atoms with Crippen molar-refractivity contribution in [1.29, 1.82) is 0 Å². The molecule has 0 bridgehead atoms. The van der Waals surface area contributed by atoms with E-state index in [1.54, 1.807) is 31.2 Å². The fourth-order valence-corrected chi connectivity index (χ4v) is 1.62. The largest absolute Gasteiger partial charge is 0.453 e. The van der Waals surface area contributed by atoms with Gasteiger partial charge in [0.15, 0.2) is 6.61 Å². The Kier molecular flexibility index (Phi) is 3.65. The first-order valence-electron chi connectivity index (χ1n) is 5.62. The summed E-state index contributed by atoms with van der Waals surface area (Å²) in [4.78, 5) is 22.8. The summed E-state index contributed by atoms with van der Waals surface area (Å²) in [6.45, 7) is 1.37. The van der Waals surface area contributed by atoms with Crippen LogP contribution in [0.2, 0.25) is 0 Å². The van der Waals surface area contributed by atoms with E-state index in [-0.39, 0.29) is 17.2 Å². The van der Waals surface area contributed by atoms with E-state index in [0.29, 0.717) is 5.56 Å². The number of amides is 1. The van der Waals surface area contributed by atoms with E-state index in [9.17, 15) is 14.8 Å². The number of hydrogen-bond acceptors (Lipinski definition) is 6. The van der Waals surface area contributed by atoms with E-state index < -0.39 is 17.6 Å². The van der Waals surface area contributed by atoms with Crippen molar-refractivity contribution in [3.8, 4) is 0 Å². The smallest absolute Gasteiger partial charge is 0.338 e. The van der Waals surface area contributed by atoms with Crippen LogP contribution in [0.15, 0.2) is 28.9 Å². The van der Waals surface area contributed by atoms with Crippen LogP contribution in [0, 0.1) is 12.1 Å². The lowest BCUT2D eigenvalue weighted by Gasteiger charge is -2.04. The minimum absolute atomic E-state index is 0.126. The van der Waals surface area contributed by atoms with E-state index in [1.807, 2.05) is 0 Å². The van der Waals surface area contributed by atoms with E-state index in [0.717, 1.165) is 5.56 Å². The number of aromatic nitrogens is 2. The topological polar surface area (TPSA) is 122 Å². The highest BCUT2D eigenvalue weighted by atomic mass is 16.8. The molecule has 0 fully saturated rings. The predicted molar refractivity (Wildman–Crippen MR) is 64.3 cm³/mol. The zero-order valence-corrected chi connectivity index (χ0v) is 10.5. The Morgan fingerprint density at radius 3 is 2.80 bits per heavy atom. The van der Waals surface area contributed by atoms with Gasteiger partial charge in [0.1, 0.15) is 0 Å². The fraction of sp³-hybridized carbons (Fsp3) is 0.167. The van der Waals surface area contributed by atoms with Gasteiger partial charge in [-0.25, -0.2) is 4.79 Å². The van der Waals surface area contributed by atoms with Crippen molar-refractivity contribution in [2.75, 3.05) is 0 Å². The zero-order chi connectivity index (χ0) is 14.7. The maximum Gasteiger partial charge on any atom is 0.338 e. The number of primary amides is 1. The molecule has 0 saturated carbocycles. The maximum absolute atomic E-state index is 11.8. The average molecular weight is 277 g/mol. The normalized spacial score (nSPS) is 10.2. The van der Waals surface area contributed by atoms with Gasteiger partial charge in [0, 0.05) is 5.16 Å². The molecule has 2 N–H and O–H groups in total. The Balaban J connectivity index is 2.12. The van der Waals surface area contributed by atoms with Gasteiger partial charge in [-0.15, -0.1) is 0 Å². The number of carbonyl (C=O) groups is 2. The zero-order valence-electron chi connectivity index (χ0n) is 10.5. The van der Waals surface area contributed by atoms with Gasteiger partial charge in [0.2, 0.25) is 0 Å². The third-order valence-electron chi connectivity index (χ3n) is 2.62. The van der Waals surface area contributed by atoms with Crippen LogP contribution in [0.4, 0.5) is 0 Å². The van der Waals surface area contributed by atoms with Crippen molar-refractivity contribution in [3.63, 3.8) is 0 Å². The van der Waals surface area contributed by atoms with Gasteiger partial charge >= 0.3 is 5.97 Å². The number of hydrogen-bond donors (Lipinski definition) is 1. The fourth-order valence-electron chi connectivity index (χ4n) is 1.62. The second-order valence-electron chi connectivity index (χ2n) is 3.98. The molecule has 1 aromatic heterocycles. The van der Waals surface area contributed by atoms with Gasteiger partial charge in [-0.2, -0.15) is 0 Å². The number of rotatable bonds is 4. The summed E-state index contributed by atoms with van der Waals surface area (Å²) in [7, 11) is 0. The summed E-state index contributed by atoms with van der Waals surface area (Å²) >= 11 is 0. The standard InChI is InChI=1S/C12H11N3O5/c1-7-4-2-3-5-8(7)12(17)19-6-9-10(11(13)16)15(18)20-14-9/h2-5H,6H2,1H3,(H2,13,16). The Morgan fingerprint density at radius 1 is 1.45 bits per heavy atom. The molecule has 0 unspecified atom stereocenters. The van der Waals surface area contributed by atoms with Crippen LogP contribution in [0.1, 0.15) is 32.1 Å². The van der Waals surface area contributed by atoms with Crippen molar-refractivity contribution in [1.82, 2.24) is 5.16 Å². The molecule has 0 spiro atoms. The summed E-state index contributed by atoms with van der Waals surface area (Å²) in [5.74, 6) is -1.61. The number of ether oxygens (including phenoxy) is 1. The van der Waals surface area contributed by atoms with E-state index in [2.05, 4.69) is 9.79 Å². The second kappa shape index (κ2) is 5.39. The highest BCUT2D eigenvalue weighted by Gasteiger charge is 2.25.